The summed E-state index contributed by atoms with van der Waals surface area (Å²) < 4.78 is 1.16. The van der Waals surface area contributed by atoms with Crippen molar-refractivity contribution >= 4 is 22.6 Å². The van der Waals surface area contributed by atoms with Gasteiger partial charge < -0.3 is 0 Å². The van der Waals surface area contributed by atoms with E-state index in [1.807, 2.05) is 43.3 Å². The Morgan fingerprint density at radius 3 is 2.33 bits per heavy atom. The highest BCUT2D eigenvalue weighted by atomic mass is 127. The molecule has 0 spiro atoms. The van der Waals surface area contributed by atoms with Crippen molar-refractivity contribution in [1.29, 1.82) is 5.26 Å². The quantitative estimate of drug-likeness (QED) is 0.565. The first-order chi connectivity index (χ1) is 8.67. The molecule has 2 aromatic carbocycles. The molecule has 0 atom stereocenters. The van der Waals surface area contributed by atoms with Crippen LogP contribution >= 0.6 is 22.6 Å². The van der Waals surface area contributed by atoms with Crippen LogP contribution in [0, 0.1) is 34.2 Å². The summed E-state index contributed by atoms with van der Waals surface area (Å²) in [6.45, 7) is 2.03. The van der Waals surface area contributed by atoms with Gasteiger partial charge in [-0.25, -0.2) is 0 Å². The molecule has 0 saturated heterocycles. The van der Waals surface area contributed by atoms with Gasteiger partial charge in [-0.2, -0.15) is 5.26 Å². The highest BCUT2D eigenvalue weighted by Crippen LogP contribution is 2.29. The highest BCUT2D eigenvalue weighted by Gasteiger charge is 2.08. The smallest absolute Gasteiger partial charge is 0.0991 e. The van der Waals surface area contributed by atoms with Crippen molar-refractivity contribution in [3.05, 3.63) is 56.7 Å². The number of nitrogens with zero attached hydrogens (tertiary/aromatic N) is 1. The molecule has 18 heavy (non-hydrogen) atoms. The molecular formula is C16H10IN. The van der Waals surface area contributed by atoms with Crippen LogP contribution in [0.5, 0.6) is 0 Å². The monoisotopic (exact) mass is 343 g/mol. The van der Waals surface area contributed by atoms with Crippen LogP contribution in [-0.4, -0.2) is 0 Å². The third-order valence-corrected chi connectivity index (χ3v) is 4.26. The molecule has 2 aromatic rings. The molecule has 0 aliphatic carbocycles. The zero-order valence-electron chi connectivity index (χ0n) is 9.87. The fourth-order valence-electron chi connectivity index (χ4n) is 1.79. The van der Waals surface area contributed by atoms with Crippen LogP contribution in [0.15, 0.2) is 36.4 Å². The highest BCUT2D eigenvalue weighted by molar-refractivity contribution is 14.1. The molecule has 0 bridgehead atoms. The first-order valence-electron chi connectivity index (χ1n) is 5.43. The predicted octanol–water partition coefficient (Wildman–Crippen LogP) is 4.12. The molecule has 86 valence electrons. The summed E-state index contributed by atoms with van der Waals surface area (Å²) in [6.07, 6.45) is 5.46. The summed E-state index contributed by atoms with van der Waals surface area (Å²) >= 11 is 2.31. The largest absolute Gasteiger partial charge is 0.192 e. The second-order valence-corrected chi connectivity index (χ2v) is 5.01. The van der Waals surface area contributed by atoms with E-state index in [1.165, 1.54) is 0 Å². The van der Waals surface area contributed by atoms with E-state index in [2.05, 4.69) is 34.6 Å². The number of rotatable bonds is 1. The zero-order chi connectivity index (χ0) is 13.1. The number of hydrogen-bond donors (Lipinski definition) is 0. The maximum absolute atomic E-state index is 8.79. The van der Waals surface area contributed by atoms with Crippen molar-refractivity contribution in [3.8, 4) is 29.5 Å². The van der Waals surface area contributed by atoms with Crippen LogP contribution < -0.4 is 0 Å². The topological polar surface area (TPSA) is 23.8 Å². The first-order valence-corrected chi connectivity index (χ1v) is 6.51. The molecule has 2 heteroatoms. The molecule has 0 radical (unpaired) electrons. The summed E-state index contributed by atoms with van der Waals surface area (Å²) in [4.78, 5) is 0. The summed E-state index contributed by atoms with van der Waals surface area (Å²) in [5, 5.41) is 8.79. The second kappa shape index (κ2) is 5.25. The average Bonchev–Trinajstić information content (AvgIpc) is 2.42. The van der Waals surface area contributed by atoms with Gasteiger partial charge in [0.1, 0.15) is 0 Å². The summed E-state index contributed by atoms with van der Waals surface area (Å²) in [5.74, 6) is 2.69. The van der Waals surface area contributed by atoms with Crippen LogP contribution in [0.25, 0.3) is 11.1 Å². The Bertz CT molecular complexity index is 670. The van der Waals surface area contributed by atoms with Crippen LogP contribution in [0.3, 0.4) is 0 Å². The second-order valence-electron chi connectivity index (χ2n) is 3.93. The first kappa shape index (κ1) is 12.7. The maximum Gasteiger partial charge on any atom is 0.0991 e. The average molecular weight is 343 g/mol. The number of hydrogen-bond acceptors (Lipinski definition) is 1. The van der Waals surface area contributed by atoms with E-state index in [4.69, 9.17) is 11.7 Å². The standard InChI is InChI=1S/C16H10IN/c1-3-13-8-9-15(16(17)11(13)2)14-6-4-12(10-18)5-7-14/h1,4-9H,2H3. The molecule has 0 N–H and O–H groups in total. The van der Waals surface area contributed by atoms with Crippen molar-refractivity contribution in [1.82, 2.24) is 0 Å². The number of benzene rings is 2. The molecule has 0 aromatic heterocycles. The Balaban J connectivity index is 2.55. The molecule has 0 unspecified atom stereocenters. The Morgan fingerprint density at radius 1 is 1.11 bits per heavy atom. The summed E-state index contributed by atoms with van der Waals surface area (Å²) in [7, 11) is 0. The Morgan fingerprint density at radius 2 is 1.78 bits per heavy atom. The van der Waals surface area contributed by atoms with Gasteiger partial charge in [0.25, 0.3) is 0 Å². The van der Waals surface area contributed by atoms with Crippen LogP contribution in [-0.2, 0) is 0 Å². The lowest BCUT2D eigenvalue weighted by Crippen LogP contribution is -1.91. The number of nitriles is 1. The van der Waals surface area contributed by atoms with Crippen molar-refractivity contribution in [2.75, 3.05) is 0 Å². The summed E-state index contributed by atoms with van der Waals surface area (Å²) in [5.41, 5.74) is 4.98. The predicted molar refractivity (Wildman–Crippen MR) is 82.0 cm³/mol. The van der Waals surface area contributed by atoms with E-state index in [0.717, 1.165) is 25.8 Å². The SMILES string of the molecule is C#Cc1ccc(-c2ccc(C#N)cc2)c(I)c1C. The third kappa shape index (κ3) is 2.25. The molecule has 1 nitrogen and oxygen atoms in total. The van der Waals surface area contributed by atoms with Crippen LogP contribution in [0.1, 0.15) is 16.7 Å². The van der Waals surface area contributed by atoms with Gasteiger partial charge in [0.15, 0.2) is 0 Å². The summed E-state index contributed by atoms with van der Waals surface area (Å²) in [6, 6.07) is 13.7. The van der Waals surface area contributed by atoms with Crippen molar-refractivity contribution < 1.29 is 0 Å². The van der Waals surface area contributed by atoms with Crippen molar-refractivity contribution in [3.63, 3.8) is 0 Å². The lowest BCUT2D eigenvalue weighted by atomic mass is 9.99. The van der Waals surface area contributed by atoms with Gasteiger partial charge in [0.2, 0.25) is 0 Å². The van der Waals surface area contributed by atoms with Gasteiger partial charge in [-0.05, 0) is 64.4 Å². The Labute approximate surface area is 121 Å². The van der Waals surface area contributed by atoms with Gasteiger partial charge in [0, 0.05) is 9.13 Å². The van der Waals surface area contributed by atoms with Gasteiger partial charge in [-0.3, -0.25) is 0 Å². The fraction of sp³-hybridized carbons (Fsp3) is 0.0625. The van der Waals surface area contributed by atoms with Gasteiger partial charge in [0.05, 0.1) is 11.6 Å². The van der Waals surface area contributed by atoms with Crippen molar-refractivity contribution in [2.45, 2.75) is 6.92 Å². The van der Waals surface area contributed by atoms with Gasteiger partial charge >= 0.3 is 0 Å². The molecule has 0 fully saturated rings. The third-order valence-electron chi connectivity index (χ3n) is 2.87. The minimum atomic E-state index is 0.672. The van der Waals surface area contributed by atoms with E-state index < -0.39 is 0 Å². The molecule has 0 heterocycles. The maximum atomic E-state index is 8.79. The van der Waals surface area contributed by atoms with Crippen LogP contribution in [0.2, 0.25) is 0 Å². The van der Waals surface area contributed by atoms with E-state index >= 15 is 0 Å². The lowest BCUT2D eigenvalue weighted by Gasteiger charge is -2.09. The Hall–Kier alpha value is -1.78. The minimum absolute atomic E-state index is 0.672. The molecule has 0 amide bonds. The van der Waals surface area contributed by atoms with E-state index in [-0.39, 0.29) is 0 Å². The normalized spacial score (nSPS) is 9.56. The molecule has 0 saturated carbocycles. The van der Waals surface area contributed by atoms with Crippen molar-refractivity contribution in [2.24, 2.45) is 0 Å². The van der Waals surface area contributed by atoms with Crippen LogP contribution in [0.4, 0.5) is 0 Å². The number of terminal acetylenes is 1. The Kier molecular flexibility index (Phi) is 3.69. The van der Waals surface area contributed by atoms with E-state index in [1.54, 1.807) is 0 Å². The fourth-order valence-corrected chi connectivity index (χ4v) is 2.57. The van der Waals surface area contributed by atoms with Gasteiger partial charge in [-0.1, -0.05) is 24.1 Å². The lowest BCUT2D eigenvalue weighted by molar-refractivity contribution is 1.39. The number of halogens is 1. The molecule has 0 aliphatic rings. The molecule has 2 rings (SSSR count). The van der Waals surface area contributed by atoms with Gasteiger partial charge in [-0.15, -0.1) is 6.42 Å². The molecular weight excluding hydrogens is 333 g/mol. The molecule has 0 aliphatic heterocycles. The minimum Gasteiger partial charge on any atom is -0.192 e. The van der Waals surface area contributed by atoms with E-state index in [9.17, 15) is 0 Å². The van der Waals surface area contributed by atoms with E-state index in [0.29, 0.717) is 5.56 Å². The zero-order valence-corrected chi connectivity index (χ0v) is 12.0.